The summed E-state index contributed by atoms with van der Waals surface area (Å²) < 4.78 is 18.4. The van der Waals surface area contributed by atoms with Crippen LogP contribution in [0.4, 0.5) is 4.39 Å². The van der Waals surface area contributed by atoms with Crippen LogP contribution in [0.2, 0.25) is 0 Å². The van der Waals surface area contributed by atoms with E-state index in [1.54, 1.807) is 37.4 Å². The van der Waals surface area contributed by atoms with Crippen molar-refractivity contribution in [2.45, 2.75) is 6.54 Å². The molecule has 0 bridgehead atoms. The molecule has 0 aliphatic carbocycles. The Morgan fingerprint density at radius 3 is 2.61 bits per heavy atom. The summed E-state index contributed by atoms with van der Waals surface area (Å²) in [6, 6.07) is 12.5. The number of halogens is 1. The van der Waals surface area contributed by atoms with E-state index in [-0.39, 0.29) is 24.9 Å². The zero-order valence-electron chi connectivity index (χ0n) is 12.7. The fourth-order valence-electron chi connectivity index (χ4n) is 2.07. The molecule has 0 aliphatic rings. The van der Waals surface area contributed by atoms with E-state index in [4.69, 9.17) is 10.5 Å². The highest BCUT2D eigenvalue weighted by Crippen LogP contribution is 2.16. The van der Waals surface area contributed by atoms with Crippen LogP contribution in [0, 0.1) is 5.82 Å². The van der Waals surface area contributed by atoms with Crippen molar-refractivity contribution in [3.05, 3.63) is 65.5 Å². The highest BCUT2D eigenvalue weighted by atomic mass is 19.1. The van der Waals surface area contributed by atoms with Crippen molar-refractivity contribution in [1.29, 1.82) is 0 Å². The Balaban J connectivity index is 2.07. The van der Waals surface area contributed by atoms with E-state index in [0.717, 1.165) is 0 Å². The van der Waals surface area contributed by atoms with Crippen LogP contribution < -0.4 is 10.5 Å². The first-order valence-corrected chi connectivity index (χ1v) is 6.97. The molecule has 5 nitrogen and oxygen atoms in total. The molecule has 6 heteroatoms. The molecule has 0 radical (unpaired) electrons. The van der Waals surface area contributed by atoms with Gasteiger partial charge in [0.1, 0.15) is 11.6 Å². The molecule has 0 atom stereocenters. The van der Waals surface area contributed by atoms with Gasteiger partial charge >= 0.3 is 0 Å². The van der Waals surface area contributed by atoms with Crippen LogP contribution in [0.5, 0.6) is 5.75 Å². The topological polar surface area (TPSA) is 72.6 Å². The van der Waals surface area contributed by atoms with Gasteiger partial charge in [-0.3, -0.25) is 9.59 Å². The number of hydrogen-bond donors (Lipinski definition) is 1. The van der Waals surface area contributed by atoms with Crippen LogP contribution in [0.1, 0.15) is 15.9 Å². The van der Waals surface area contributed by atoms with Crippen molar-refractivity contribution < 1.29 is 18.7 Å². The number of carbonyl (C=O) groups is 2. The van der Waals surface area contributed by atoms with Crippen molar-refractivity contribution in [3.63, 3.8) is 0 Å². The first-order chi connectivity index (χ1) is 11.0. The minimum Gasteiger partial charge on any atom is -0.484 e. The second-order valence-corrected chi connectivity index (χ2v) is 5.07. The molecule has 0 unspecified atom stereocenters. The lowest BCUT2D eigenvalue weighted by Gasteiger charge is -2.18. The van der Waals surface area contributed by atoms with Gasteiger partial charge in [0.15, 0.2) is 6.61 Å². The average molecular weight is 316 g/mol. The summed E-state index contributed by atoms with van der Waals surface area (Å²) in [5.41, 5.74) is 6.12. The van der Waals surface area contributed by atoms with Gasteiger partial charge in [0.2, 0.25) is 0 Å². The lowest BCUT2D eigenvalue weighted by Crippen LogP contribution is -2.26. The maximum absolute atomic E-state index is 13.2. The zero-order chi connectivity index (χ0) is 16.8. The number of rotatable bonds is 6. The van der Waals surface area contributed by atoms with Crippen molar-refractivity contribution in [1.82, 2.24) is 4.90 Å². The lowest BCUT2D eigenvalue weighted by atomic mass is 10.1. The summed E-state index contributed by atoms with van der Waals surface area (Å²) in [5, 5.41) is 0. The first kappa shape index (κ1) is 16.5. The minimum absolute atomic E-state index is 0.237. The molecule has 0 heterocycles. The van der Waals surface area contributed by atoms with Crippen LogP contribution >= 0.6 is 0 Å². The molecule has 2 rings (SSSR count). The molecular formula is C17H17FN2O3. The zero-order valence-corrected chi connectivity index (χ0v) is 12.7. The molecule has 2 aromatic carbocycles. The van der Waals surface area contributed by atoms with Gasteiger partial charge in [-0.1, -0.05) is 18.2 Å². The van der Waals surface area contributed by atoms with Crippen LogP contribution in [0.15, 0.2) is 48.5 Å². The lowest BCUT2D eigenvalue weighted by molar-refractivity contribution is -0.119. The maximum atomic E-state index is 13.2. The molecule has 120 valence electrons. The number of primary amides is 1. The SMILES string of the molecule is CN(Cc1cccc(F)c1)C(=O)c1cccc(OCC(N)=O)c1. The number of benzene rings is 2. The van der Waals surface area contributed by atoms with E-state index in [1.807, 2.05) is 0 Å². The largest absolute Gasteiger partial charge is 0.484 e. The first-order valence-electron chi connectivity index (χ1n) is 6.97. The van der Waals surface area contributed by atoms with E-state index < -0.39 is 5.91 Å². The monoisotopic (exact) mass is 316 g/mol. The van der Waals surface area contributed by atoms with Crippen LogP contribution in [0.25, 0.3) is 0 Å². The number of ether oxygens (including phenoxy) is 1. The molecule has 0 saturated carbocycles. The van der Waals surface area contributed by atoms with E-state index in [1.165, 1.54) is 23.1 Å². The fourth-order valence-corrected chi connectivity index (χ4v) is 2.07. The fraction of sp³-hybridized carbons (Fsp3) is 0.176. The predicted molar refractivity (Wildman–Crippen MR) is 83.3 cm³/mol. The van der Waals surface area contributed by atoms with E-state index >= 15 is 0 Å². The third kappa shape index (κ3) is 4.81. The Bertz CT molecular complexity index is 718. The van der Waals surface area contributed by atoms with Gasteiger partial charge in [-0.25, -0.2) is 4.39 Å². The van der Waals surface area contributed by atoms with Gasteiger partial charge < -0.3 is 15.4 Å². The van der Waals surface area contributed by atoms with E-state index in [9.17, 15) is 14.0 Å². The highest BCUT2D eigenvalue weighted by molar-refractivity contribution is 5.94. The molecule has 2 aromatic rings. The number of nitrogens with two attached hydrogens (primary N) is 1. The van der Waals surface area contributed by atoms with Crippen molar-refractivity contribution in [2.24, 2.45) is 5.73 Å². The highest BCUT2D eigenvalue weighted by Gasteiger charge is 2.13. The number of amides is 2. The summed E-state index contributed by atoms with van der Waals surface area (Å²) >= 11 is 0. The minimum atomic E-state index is -0.593. The quantitative estimate of drug-likeness (QED) is 0.885. The van der Waals surface area contributed by atoms with E-state index in [2.05, 4.69) is 0 Å². The van der Waals surface area contributed by atoms with E-state index in [0.29, 0.717) is 16.9 Å². The van der Waals surface area contributed by atoms with Crippen molar-refractivity contribution >= 4 is 11.8 Å². The summed E-state index contributed by atoms with van der Waals surface area (Å²) in [7, 11) is 1.63. The van der Waals surface area contributed by atoms with Crippen LogP contribution in [0.3, 0.4) is 0 Å². The van der Waals surface area contributed by atoms with Gasteiger partial charge in [-0.05, 0) is 35.9 Å². The van der Waals surface area contributed by atoms with Crippen LogP contribution in [-0.4, -0.2) is 30.4 Å². The molecule has 0 fully saturated rings. The normalized spacial score (nSPS) is 10.2. The van der Waals surface area contributed by atoms with Gasteiger partial charge in [0.25, 0.3) is 11.8 Å². The molecule has 2 N–H and O–H groups in total. The number of hydrogen-bond acceptors (Lipinski definition) is 3. The third-order valence-corrected chi connectivity index (χ3v) is 3.12. The molecule has 2 amide bonds. The van der Waals surface area contributed by atoms with Gasteiger partial charge in [-0.15, -0.1) is 0 Å². The third-order valence-electron chi connectivity index (χ3n) is 3.12. The summed E-state index contributed by atoms with van der Waals surface area (Å²) in [6.45, 7) is 0.0275. The molecule has 0 aromatic heterocycles. The number of carbonyl (C=O) groups excluding carboxylic acids is 2. The van der Waals surface area contributed by atoms with Crippen molar-refractivity contribution in [2.75, 3.05) is 13.7 Å². The standard InChI is InChI=1S/C17H17FN2O3/c1-20(10-12-4-2-6-14(18)8-12)17(22)13-5-3-7-15(9-13)23-11-16(19)21/h2-9H,10-11H2,1H3,(H2,19,21). The Kier molecular flexibility index (Phi) is 5.30. The number of nitrogens with zero attached hydrogens (tertiary/aromatic N) is 1. The molecule has 0 spiro atoms. The second kappa shape index (κ2) is 7.40. The summed E-state index contributed by atoms with van der Waals surface area (Å²) in [4.78, 5) is 24.6. The summed E-state index contributed by atoms with van der Waals surface area (Å²) in [5.74, 6) is -0.789. The molecule has 0 saturated heterocycles. The van der Waals surface area contributed by atoms with Gasteiger partial charge in [0.05, 0.1) is 0 Å². The van der Waals surface area contributed by atoms with Gasteiger partial charge in [-0.2, -0.15) is 0 Å². The Morgan fingerprint density at radius 2 is 1.91 bits per heavy atom. The smallest absolute Gasteiger partial charge is 0.255 e. The second-order valence-electron chi connectivity index (χ2n) is 5.07. The summed E-state index contributed by atoms with van der Waals surface area (Å²) in [6.07, 6.45) is 0. The Hall–Kier alpha value is -2.89. The molecule has 0 aliphatic heterocycles. The predicted octanol–water partition coefficient (Wildman–Crippen LogP) is 1.96. The van der Waals surface area contributed by atoms with Crippen molar-refractivity contribution in [3.8, 4) is 5.75 Å². The Morgan fingerprint density at radius 1 is 1.17 bits per heavy atom. The van der Waals surface area contributed by atoms with Gasteiger partial charge in [0, 0.05) is 19.2 Å². The van der Waals surface area contributed by atoms with Crippen LogP contribution in [-0.2, 0) is 11.3 Å². The molecule has 23 heavy (non-hydrogen) atoms. The molecular weight excluding hydrogens is 299 g/mol. The maximum Gasteiger partial charge on any atom is 0.255 e. The average Bonchev–Trinajstić information content (AvgIpc) is 2.52. The Labute approximate surface area is 133 Å².